The fourth-order valence-corrected chi connectivity index (χ4v) is 2.81. The van der Waals surface area contributed by atoms with Crippen molar-refractivity contribution < 1.29 is 19.1 Å². The third-order valence-electron chi connectivity index (χ3n) is 4.43. The number of nitrogens with zero attached hydrogens (tertiary/aromatic N) is 2. The number of amides is 2. The summed E-state index contributed by atoms with van der Waals surface area (Å²) >= 11 is 0. The molecule has 1 aliphatic heterocycles. The minimum Gasteiger partial charge on any atom is -0.396 e. The lowest BCUT2D eigenvalue weighted by molar-refractivity contribution is -0.135. The van der Waals surface area contributed by atoms with Crippen molar-refractivity contribution in [2.45, 2.75) is 25.3 Å². The Bertz CT molecular complexity index is 571. The predicted octanol–water partition coefficient (Wildman–Crippen LogP) is 0.861. The van der Waals surface area contributed by atoms with Gasteiger partial charge in [0.15, 0.2) is 0 Å². The van der Waals surface area contributed by atoms with E-state index in [1.165, 1.54) is 24.3 Å². The maximum Gasteiger partial charge on any atom is 0.251 e. The Morgan fingerprint density at radius 3 is 2.40 bits per heavy atom. The van der Waals surface area contributed by atoms with E-state index in [-0.39, 0.29) is 12.5 Å². The number of nitrogens with one attached hydrogen (secondary N) is 1. The maximum absolute atomic E-state index is 13.0. The molecule has 2 rings (SSSR count). The van der Waals surface area contributed by atoms with E-state index in [4.69, 9.17) is 5.11 Å². The predicted molar refractivity (Wildman–Crippen MR) is 92.7 cm³/mol. The van der Waals surface area contributed by atoms with Gasteiger partial charge in [-0.05, 0) is 50.6 Å². The second-order valence-corrected chi connectivity index (χ2v) is 6.38. The van der Waals surface area contributed by atoms with Crippen LogP contribution in [-0.2, 0) is 4.79 Å². The zero-order chi connectivity index (χ0) is 18.2. The van der Waals surface area contributed by atoms with Crippen LogP contribution in [0.3, 0.4) is 0 Å². The molecule has 0 aromatic heterocycles. The van der Waals surface area contributed by atoms with Gasteiger partial charge in [0, 0.05) is 38.3 Å². The number of unbranched alkanes of at least 4 members (excludes halogenated alkanes) is 1. The second kappa shape index (κ2) is 9.48. The Kier molecular flexibility index (Phi) is 7.33. The number of benzene rings is 1. The number of rotatable bonds is 7. The highest BCUT2D eigenvalue weighted by Gasteiger charge is 2.27. The standard InChI is InChI=1S/C18H26FN3O3/c1-21-9-11-22(12-10-21)18(25)16(4-2-3-13-23)20-17(24)14-5-7-15(19)8-6-14/h5-8,16,23H,2-4,9-13H2,1H3,(H,20,24). The van der Waals surface area contributed by atoms with Crippen LogP contribution in [0.25, 0.3) is 0 Å². The molecule has 0 radical (unpaired) electrons. The molecule has 2 amide bonds. The number of carbonyl (C=O) groups excluding carboxylic acids is 2. The highest BCUT2D eigenvalue weighted by molar-refractivity contribution is 5.97. The van der Waals surface area contributed by atoms with E-state index in [2.05, 4.69) is 10.2 Å². The summed E-state index contributed by atoms with van der Waals surface area (Å²) in [6.45, 7) is 2.94. The first-order valence-electron chi connectivity index (χ1n) is 8.66. The van der Waals surface area contributed by atoms with Crippen LogP contribution < -0.4 is 5.32 Å². The van der Waals surface area contributed by atoms with E-state index in [9.17, 15) is 14.0 Å². The van der Waals surface area contributed by atoms with Crippen molar-refractivity contribution in [3.8, 4) is 0 Å². The van der Waals surface area contributed by atoms with Crippen LogP contribution in [0.2, 0.25) is 0 Å². The van der Waals surface area contributed by atoms with Crippen LogP contribution >= 0.6 is 0 Å². The van der Waals surface area contributed by atoms with Crippen molar-refractivity contribution >= 4 is 11.8 Å². The minimum absolute atomic E-state index is 0.0569. The number of carbonyl (C=O) groups is 2. The van der Waals surface area contributed by atoms with Crippen LogP contribution in [0.1, 0.15) is 29.6 Å². The number of aliphatic hydroxyl groups is 1. The summed E-state index contributed by atoms with van der Waals surface area (Å²) in [6, 6.07) is 4.61. The van der Waals surface area contributed by atoms with E-state index in [0.717, 1.165) is 13.1 Å². The van der Waals surface area contributed by atoms with Gasteiger partial charge >= 0.3 is 0 Å². The number of hydrogen-bond acceptors (Lipinski definition) is 4. The lowest BCUT2D eigenvalue weighted by atomic mass is 10.1. The Hall–Kier alpha value is -1.99. The van der Waals surface area contributed by atoms with Crippen LogP contribution in [0.4, 0.5) is 4.39 Å². The van der Waals surface area contributed by atoms with E-state index in [0.29, 0.717) is 37.9 Å². The molecule has 0 bridgehead atoms. The lowest BCUT2D eigenvalue weighted by Gasteiger charge is -2.34. The van der Waals surface area contributed by atoms with Crippen LogP contribution in [0.5, 0.6) is 0 Å². The van der Waals surface area contributed by atoms with Gasteiger partial charge < -0.3 is 20.2 Å². The quantitative estimate of drug-likeness (QED) is 0.715. The molecule has 25 heavy (non-hydrogen) atoms. The van der Waals surface area contributed by atoms with E-state index >= 15 is 0 Å². The molecule has 1 unspecified atom stereocenters. The molecule has 0 saturated carbocycles. The molecule has 1 fully saturated rings. The van der Waals surface area contributed by atoms with E-state index in [1.807, 2.05) is 7.05 Å². The molecule has 1 aliphatic rings. The fraction of sp³-hybridized carbons (Fsp3) is 0.556. The summed E-state index contributed by atoms with van der Waals surface area (Å²) in [5, 5.41) is 11.7. The SMILES string of the molecule is CN1CCN(C(=O)C(CCCCO)NC(=O)c2ccc(F)cc2)CC1. The average Bonchev–Trinajstić information content (AvgIpc) is 2.61. The molecule has 138 valence electrons. The first-order chi connectivity index (χ1) is 12.0. The molecule has 0 aliphatic carbocycles. The first-order valence-corrected chi connectivity index (χ1v) is 8.66. The smallest absolute Gasteiger partial charge is 0.251 e. The normalized spacial score (nSPS) is 16.5. The lowest BCUT2D eigenvalue weighted by Crippen LogP contribution is -2.54. The fourth-order valence-electron chi connectivity index (χ4n) is 2.81. The van der Waals surface area contributed by atoms with Crippen LogP contribution in [0, 0.1) is 5.82 Å². The van der Waals surface area contributed by atoms with Crippen molar-refractivity contribution in [1.29, 1.82) is 0 Å². The average molecular weight is 351 g/mol. The third kappa shape index (κ3) is 5.79. The Balaban J connectivity index is 2.02. The van der Waals surface area contributed by atoms with Gasteiger partial charge in [-0.2, -0.15) is 0 Å². The Morgan fingerprint density at radius 2 is 1.80 bits per heavy atom. The molecular weight excluding hydrogens is 325 g/mol. The molecule has 0 spiro atoms. The molecule has 2 N–H and O–H groups in total. The van der Waals surface area contributed by atoms with E-state index < -0.39 is 17.8 Å². The molecule has 6 nitrogen and oxygen atoms in total. The van der Waals surface area contributed by atoms with Crippen molar-refractivity contribution in [3.63, 3.8) is 0 Å². The molecule has 1 atom stereocenters. The summed E-state index contributed by atoms with van der Waals surface area (Å²) in [5.74, 6) is -0.900. The zero-order valence-corrected chi connectivity index (χ0v) is 14.6. The number of hydrogen-bond donors (Lipinski definition) is 2. The number of halogens is 1. The van der Waals surface area contributed by atoms with Crippen LogP contribution in [-0.4, -0.2) is 72.6 Å². The second-order valence-electron chi connectivity index (χ2n) is 6.38. The summed E-state index contributed by atoms with van der Waals surface area (Å²) in [5.41, 5.74) is 0.319. The molecule has 1 heterocycles. The first kappa shape index (κ1) is 19.3. The highest BCUT2D eigenvalue weighted by Crippen LogP contribution is 2.10. The molecule has 1 saturated heterocycles. The van der Waals surface area contributed by atoms with Crippen molar-refractivity contribution in [2.24, 2.45) is 0 Å². The van der Waals surface area contributed by atoms with Crippen LogP contribution in [0.15, 0.2) is 24.3 Å². The summed E-state index contributed by atoms with van der Waals surface area (Å²) < 4.78 is 13.0. The summed E-state index contributed by atoms with van der Waals surface area (Å²) in [7, 11) is 2.01. The monoisotopic (exact) mass is 351 g/mol. The number of aliphatic hydroxyl groups excluding tert-OH is 1. The molecule has 1 aromatic rings. The summed E-state index contributed by atoms with van der Waals surface area (Å²) in [4.78, 5) is 29.1. The van der Waals surface area contributed by atoms with Gasteiger partial charge in [-0.1, -0.05) is 0 Å². The summed E-state index contributed by atoms with van der Waals surface area (Å²) in [6.07, 6.45) is 1.70. The van der Waals surface area contributed by atoms with Gasteiger partial charge in [0.25, 0.3) is 5.91 Å². The Morgan fingerprint density at radius 1 is 1.16 bits per heavy atom. The van der Waals surface area contributed by atoms with Crippen molar-refractivity contribution in [1.82, 2.24) is 15.1 Å². The van der Waals surface area contributed by atoms with E-state index in [1.54, 1.807) is 4.90 Å². The van der Waals surface area contributed by atoms with Gasteiger partial charge in [0.05, 0.1) is 0 Å². The van der Waals surface area contributed by atoms with Gasteiger partial charge in [-0.25, -0.2) is 4.39 Å². The van der Waals surface area contributed by atoms with Gasteiger partial charge in [-0.3, -0.25) is 9.59 Å². The van der Waals surface area contributed by atoms with Crippen molar-refractivity contribution in [2.75, 3.05) is 39.8 Å². The zero-order valence-electron chi connectivity index (χ0n) is 14.6. The molecule has 7 heteroatoms. The third-order valence-corrected chi connectivity index (χ3v) is 4.43. The van der Waals surface area contributed by atoms with Gasteiger partial charge in [-0.15, -0.1) is 0 Å². The van der Waals surface area contributed by atoms with Gasteiger partial charge in [0.2, 0.25) is 5.91 Å². The van der Waals surface area contributed by atoms with Gasteiger partial charge in [0.1, 0.15) is 11.9 Å². The molecule has 1 aromatic carbocycles. The minimum atomic E-state index is -0.632. The highest BCUT2D eigenvalue weighted by atomic mass is 19.1. The Labute approximate surface area is 147 Å². The maximum atomic E-state index is 13.0. The molecular formula is C18H26FN3O3. The van der Waals surface area contributed by atoms with Crippen molar-refractivity contribution in [3.05, 3.63) is 35.6 Å². The number of piperazine rings is 1. The largest absolute Gasteiger partial charge is 0.396 e. The topological polar surface area (TPSA) is 72.9 Å². The number of likely N-dealkylation sites (N-methyl/N-ethyl adjacent to an activating group) is 1.